The Hall–Kier alpha value is -1.15. The van der Waals surface area contributed by atoms with E-state index in [-0.39, 0.29) is 6.54 Å². The minimum Gasteiger partial charge on any atom is -0.481 e. The third kappa shape index (κ3) is 6.86. The van der Waals surface area contributed by atoms with Crippen molar-refractivity contribution in [2.75, 3.05) is 26.4 Å². The molecule has 0 fully saturated rings. The van der Waals surface area contributed by atoms with Gasteiger partial charge in [0.05, 0.1) is 18.7 Å². The number of nitrogens with zero attached hydrogens (tertiary/aromatic N) is 1. The summed E-state index contributed by atoms with van der Waals surface area (Å²) >= 11 is 0. The van der Waals surface area contributed by atoms with E-state index in [1.165, 1.54) is 19.0 Å². The standard InChI is InChI=1S/C7H14N2O5S/c1-9(2)6(10)5-8-15(13,14)4-3-7(11)12/h8H,3-5H2,1-2H3,(H,11,12). The molecule has 8 heteroatoms. The van der Waals surface area contributed by atoms with Crippen molar-refractivity contribution in [1.82, 2.24) is 9.62 Å². The van der Waals surface area contributed by atoms with E-state index in [0.29, 0.717) is 0 Å². The summed E-state index contributed by atoms with van der Waals surface area (Å²) in [5.41, 5.74) is 0. The third-order valence-corrected chi connectivity index (χ3v) is 2.85. The maximum absolute atomic E-state index is 11.1. The quantitative estimate of drug-likeness (QED) is 0.584. The highest BCUT2D eigenvalue weighted by molar-refractivity contribution is 7.89. The molecule has 0 aliphatic heterocycles. The summed E-state index contributed by atoms with van der Waals surface area (Å²) in [4.78, 5) is 22.4. The summed E-state index contributed by atoms with van der Waals surface area (Å²) in [6.45, 7) is -0.352. The van der Waals surface area contributed by atoms with Crippen LogP contribution in [0.4, 0.5) is 0 Å². The van der Waals surface area contributed by atoms with Gasteiger partial charge in [0, 0.05) is 14.1 Å². The van der Waals surface area contributed by atoms with Gasteiger partial charge in [0.25, 0.3) is 0 Å². The van der Waals surface area contributed by atoms with Crippen LogP contribution in [0.15, 0.2) is 0 Å². The van der Waals surface area contributed by atoms with Crippen molar-refractivity contribution in [2.45, 2.75) is 6.42 Å². The highest BCUT2D eigenvalue weighted by Crippen LogP contribution is 1.90. The Morgan fingerprint density at radius 3 is 2.27 bits per heavy atom. The smallest absolute Gasteiger partial charge is 0.304 e. The third-order valence-electron chi connectivity index (χ3n) is 1.53. The minimum absolute atomic E-state index is 0.352. The lowest BCUT2D eigenvalue weighted by Crippen LogP contribution is -2.37. The molecule has 1 amide bonds. The predicted octanol–water partition coefficient (Wildman–Crippen LogP) is -1.53. The van der Waals surface area contributed by atoms with Crippen LogP contribution in [0.2, 0.25) is 0 Å². The Balaban J connectivity index is 4.05. The maximum atomic E-state index is 11.1. The second kappa shape index (κ2) is 5.66. The van der Waals surface area contributed by atoms with Gasteiger partial charge >= 0.3 is 5.97 Å². The zero-order valence-corrected chi connectivity index (χ0v) is 9.37. The largest absolute Gasteiger partial charge is 0.481 e. The first-order valence-corrected chi connectivity index (χ1v) is 5.79. The van der Waals surface area contributed by atoms with E-state index in [0.717, 1.165) is 0 Å². The number of amides is 1. The molecule has 0 atom stereocenters. The number of rotatable bonds is 6. The van der Waals surface area contributed by atoms with Crippen molar-refractivity contribution in [3.05, 3.63) is 0 Å². The van der Waals surface area contributed by atoms with Crippen LogP contribution in [0.1, 0.15) is 6.42 Å². The van der Waals surface area contributed by atoms with Gasteiger partial charge in [-0.15, -0.1) is 0 Å². The zero-order chi connectivity index (χ0) is 12.1. The van der Waals surface area contributed by atoms with Gasteiger partial charge in [-0.05, 0) is 0 Å². The number of aliphatic carboxylic acids is 1. The SMILES string of the molecule is CN(C)C(=O)CNS(=O)(=O)CCC(=O)O. The first-order valence-electron chi connectivity index (χ1n) is 4.14. The lowest BCUT2D eigenvalue weighted by atomic mass is 10.5. The number of carbonyl (C=O) groups is 2. The second-order valence-corrected chi connectivity index (χ2v) is 5.00. The van der Waals surface area contributed by atoms with Gasteiger partial charge in [-0.3, -0.25) is 9.59 Å². The molecule has 0 saturated carbocycles. The predicted molar refractivity (Wildman–Crippen MR) is 52.7 cm³/mol. The van der Waals surface area contributed by atoms with Crippen LogP contribution in [0.25, 0.3) is 0 Å². The molecule has 0 aliphatic rings. The number of carboxylic acid groups (broad SMARTS) is 1. The molecule has 0 spiro atoms. The Labute approximate surface area is 88.1 Å². The highest BCUT2D eigenvalue weighted by atomic mass is 32.2. The molecule has 0 aromatic heterocycles. The van der Waals surface area contributed by atoms with Crippen LogP contribution in [0.3, 0.4) is 0 Å². The van der Waals surface area contributed by atoms with Crippen molar-refractivity contribution < 1.29 is 23.1 Å². The Bertz CT molecular complexity index is 335. The van der Waals surface area contributed by atoms with Gasteiger partial charge in [-0.2, -0.15) is 0 Å². The molecule has 88 valence electrons. The molecule has 0 heterocycles. The highest BCUT2D eigenvalue weighted by Gasteiger charge is 2.14. The molecule has 15 heavy (non-hydrogen) atoms. The fourth-order valence-electron chi connectivity index (χ4n) is 0.624. The van der Waals surface area contributed by atoms with Crippen LogP contribution in [-0.2, 0) is 19.6 Å². The molecule has 0 unspecified atom stereocenters. The molecular formula is C7H14N2O5S. The number of carbonyl (C=O) groups excluding carboxylic acids is 1. The average molecular weight is 238 g/mol. The van der Waals surface area contributed by atoms with E-state index >= 15 is 0 Å². The molecule has 0 aromatic rings. The number of sulfonamides is 1. The summed E-state index contributed by atoms with van der Waals surface area (Å²) in [6.07, 6.45) is -0.481. The number of nitrogens with one attached hydrogen (secondary N) is 1. The molecule has 2 N–H and O–H groups in total. The number of hydrogen-bond acceptors (Lipinski definition) is 4. The first-order chi connectivity index (χ1) is 6.74. The van der Waals surface area contributed by atoms with Gasteiger partial charge < -0.3 is 10.0 Å². The van der Waals surface area contributed by atoms with Gasteiger partial charge in [0.1, 0.15) is 0 Å². The number of carboxylic acids is 1. The van der Waals surface area contributed by atoms with Gasteiger partial charge in [-0.25, -0.2) is 13.1 Å². The molecular weight excluding hydrogens is 224 g/mol. The lowest BCUT2D eigenvalue weighted by molar-refractivity contribution is -0.136. The topological polar surface area (TPSA) is 104 Å². The zero-order valence-electron chi connectivity index (χ0n) is 8.56. The van der Waals surface area contributed by atoms with Crippen LogP contribution in [0.5, 0.6) is 0 Å². The molecule has 0 aromatic carbocycles. The second-order valence-electron chi connectivity index (χ2n) is 3.07. The molecule has 0 aliphatic carbocycles. The summed E-state index contributed by atoms with van der Waals surface area (Å²) in [5.74, 6) is -2.11. The Morgan fingerprint density at radius 1 is 1.33 bits per heavy atom. The van der Waals surface area contributed by atoms with E-state index < -0.39 is 34.1 Å². The number of likely N-dealkylation sites (N-methyl/N-ethyl adjacent to an activating group) is 1. The Kier molecular flexibility index (Phi) is 5.23. The average Bonchev–Trinajstić information content (AvgIpc) is 2.11. The molecule has 0 saturated heterocycles. The maximum Gasteiger partial charge on any atom is 0.304 e. The summed E-state index contributed by atoms with van der Waals surface area (Å²) < 4.78 is 24.2. The van der Waals surface area contributed by atoms with Gasteiger partial charge in [-0.1, -0.05) is 0 Å². The summed E-state index contributed by atoms with van der Waals surface area (Å²) in [6, 6.07) is 0. The minimum atomic E-state index is -3.68. The fraction of sp³-hybridized carbons (Fsp3) is 0.714. The van der Waals surface area contributed by atoms with Gasteiger partial charge in [0.15, 0.2) is 0 Å². The van der Waals surface area contributed by atoms with Crippen LogP contribution in [0, 0.1) is 0 Å². The van der Waals surface area contributed by atoms with Crippen LogP contribution < -0.4 is 4.72 Å². The van der Waals surface area contributed by atoms with E-state index in [1.807, 2.05) is 4.72 Å². The van der Waals surface area contributed by atoms with E-state index in [1.54, 1.807) is 0 Å². The van der Waals surface area contributed by atoms with Crippen molar-refractivity contribution in [1.29, 1.82) is 0 Å². The number of hydrogen-bond donors (Lipinski definition) is 2. The van der Waals surface area contributed by atoms with Crippen LogP contribution in [-0.4, -0.2) is 56.7 Å². The van der Waals surface area contributed by atoms with Crippen molar-refractivity contribution in [2.24, 2.45) is 0 Å². The van der Waals surface area contributed by atoms with Crippen molar-refractivity contribution >= 4 is 21.9 Å². The van der Waals surface area contributed by atoms with Crippen molar-refractivity contribution in [3.8, 4) is 0 Å². The molecule has 7 nitrogen and oxygen atoms in total. The fourth-order valence-corrected chi connectivity index (χ4v) is 1.55. The Morgan fingerprint density at radius 2 is 1.87 bits per heavy atom. The van der Waals surface area contributed by atoms with E-state index in [4.69, 9.17) is 5.11 Å². The van der Waals surface area contributed by atoms with E-state index in [2.05, 4.69) is 0 Å². The van der Waals surface area contributed by atoms with Crippen molar-refractivity contribution in [3.63, 3.8) is 0 Å². The van der Waals surface area contributed by atoms with E-state index in [9.17, 15) is 18.0 Å². The first kappa shape index (κ1) is 13.8. The summed E-state index contributed by atoms with van der Waals surface area (Å²) in [7, 11) is -0.696. The summed E-state index contributed by atoms with van der Waals surface area (Å²) in [5, 5.41) is 8.28. The molecule has 0 bridgehead atoms. The molecule has 0 rings (SSSR count). The van der Waals surface area contributed by atoms with Crippen LogP contribution >= 0.6 is 0 Å². The normalized spacial score (nSPS) is 11.1. The monoisotopic (exact) mass is 238 g/mol. The van der Waals surface area contributed by atoms with Gasteiger partial charge in [0.2, 0.25) is 15.9 Å². The lowest BCUT2D eigenvalue weighted by Gasteiger charge is -2.10. The molecule has 0 radical (unpaired) electrons.